The Bertz CT molecular complexity index is 414. The van der Waals surface area contributed by atoms with Crippen molar-refractivity contribution < 1.29 is 4.79 Å². The molecule has 0 aliphatic carbocycles. The number of amides is 1. The summed E-state index contributed by atoms with van der Waals surface area (Å²) in [5.74, 6) is 0.121. The molecule has 2 N–H and O–H groups in total. The highest BCUT2D eigenvalue weighted by Crippen LogP contribution is 2.26. The molecule has 0 spiro atoms. The number of nitrogens with one attached hydrogen (secondary N) is 2. The number of rotatable bonds is 3. The third kappa shape index (κ3) is 3.24. The molecule has 1 heterocycles. The summed E-state index contributed by atoms with van der Waals surface area (Å²) in [7, 11) is 0. The lowest BCUT2D eigenvalue weighted by atomic mass is 9.88. The van der Waals surface area contributed by atoms with Gasteiger partial charge in [-0.25, -0.2) is 0 Å². The van der Waals surface area contributed by atoms with Gasteiger partial charge >= 0.3 is 0 Å². The van der Waals surface area contributed by atoms with Gasteiger partial charge in [0.1, 0.15) is 0 Å². The largest absolute Gasteiger partial charge is 0.326 e. The third-order valence-electron chi connectivity index (χ3n) is 3.51. The molecule has 0 radical (unpaired) electrons. The molecule has 3 nitrogen and oxygen atoms in total. The number of carbonyl (C=O) groups excluding carboxylic acids is 1. The summed E-state index contributed by atoms with van der Waals surface area (Å²) in [4.78, 5) is 12.2. The predicted octanol–water partition coefficient (Wildman–Crippen LogP) is 2.61. The van der Waals surface area contributed by atoms with Gasteiger partial charge in [0, 0.05) is 12.2 Å². The molecule has 1 aromatic carbocycles. The quantitative estimate of drug-likeness (QED) is 0.885. The summed E-state index contributed by atoms with van der Waals surface area (Å²) in [5, 5.41) is 6.26. The van der Waals surface area contributed by atoms with Gasteiger partial charge in [0.25, 0.3) is 0 Å². The van der Waals surface area contributed by atoms with Gasteiger partial charge in [-0.15, -0.1) is 12.4 Å². The molecule has 0 aromatic heterocycles. The summed E-state index contributed by atoms with van der Waals surface area (Å²) < 4.78 is 0. The van der Waals surface area contributed by atoms with Crippen LogP contribution >= 0.6 is 12.4 Å². The van der Waals surface area contributed by atoms with Gasteiger partial charge in [-0.1, -0.05) is 19.1 Å². The SMILES string of the molecule is CCc1cccc(NC(=O)C2(C)CCNC2)c1.Cl. The van der Waals surface area contributed by atoms with Crippen LogP contribution in [0, 0.1) is 5.41 Å². The molecular weight excluding hydrogens is 248 g/mol. The molecule has 18 heavy (non-hydrogen) atoms. The van der Waals surface area contributed by atoms with E-state index in [-0.39, 0.29) is 23.7 Å². The van der Waals surface area contributed by atoms with E-state index < -0.39 is 0 Å². The second-order valence-electron chi connectivity index (χ2n) is 5.00. The fraction of sp³-hybridized carbons (Fsp3) is 0.500. The Morgan fingerprint density at radius 3 is 2.89 bits per heavy atom. The van der Waals surface area contributed by atoms with Crippen molar-refractivity contribution in [1.29, 1.82) is 0 Å². The number of hydrogen-bond acceptors (Lipinski definition) is 2. The molecule has 100 valence electrons. The summed E-state index contributed by atoms with van der Waals surface area (Å²) in [6.45, 7) is 5.83. The van der Waals surface area contributed by atoms with Crippen molar-refractivity contribution in [1.82, 2.24) is 5.32 Å². The zero-order valence-electron chi connectivity index (χ0n) is 11.0. The van der Waals surface area contributed by atoms with Gasteiger partial charge in [0.05, 0.1) is 5.41 Å². The highest BCUT2D eigenvalue weighted by Gasteiger charge is 2.36. The summed E-state index contributed by atoms with van der Waals surface area (Å²) >= 11 is 0. The Morgan fingerprint density at radius 2 is 2.28 bits per heavy atom. The minimum atomic E-state index is -0.262. The topological polar surface area (TPSA) is 41.1 Å². The molecule has 0 saturated carbocycles. The van der Waals surface area contributed by atoms with Crippen molar-refractivity contribution in [3.05, 3.63) is 29.8 Å². The van der Waals surface area contributed by atoms with Gasteiger partial charge in [-0.05, 0) is 44.0 Å². The highest BCUT2D eigenvalue weighted by molar-refractivity contribution is 5.95. The Labute approximate surface area is 115 Å². The smallest absolute Gasteiger partial charge is 0.231 e. The van der Waals surface area contributed by atoms with Crippen LogP contribution in [0.15, 0.2) is 24.3 Å². The van der Waals surface area contributed by atoms with E-state index in [9.17, 15) is 4.79 Å². The third-order valence-corrected chi connectivity index (χ3v) is 3.51. The molecule has 1 atom stereocenters. The first-order valence-electron chi connectivity index (χ1n) is 6.25. The molecule has 1 aliphatic heterocycles. The number of anilines is 1. The molecule has 1 aliphatic rings. The lowest BCUT2D eigenvalue weighted by Gasteiger charge is -2.21. The monoisotopic (exact) mass is 268 g/mol. The summed E-state index contributed by atoms with van der Waals surface area (Å²) in [6, 6.07) is 8.06. The van der Waals surface area contributed by atoms with Crippen LogP contribution in [0.25, 0.3) is 0 Å². The number of hydrogen-bond donors (Lipinski definition) is 2. The van der Waals surface area contributed by atoms with E-state index in [1.807, 2.05) is 25.1 Å². The van der Waals surface area contributed by atoms with Crippen molar-refractivity contribution in [3.8, 4) is 0 Å². The summed E-state index contributed by atoms with van der Waals surface area (Å²) in [6.07, 6.45) is 1.90. The first-order valence-corrected chi connectivity index (χ1v) is 6.25. The van der Waals surface area contributed by atoms with Crippen LogP contribution in [0.3, 0.4) is 0 Å². The van der Waals surface area contributed by atoms with Gasteiger partial charge in [0.2, 0.25) is 5.91 Å². The van der Waals surface area contributed by atoms with E-state index in [1.165, 1.54) is 5.56 Å². The van der Waals surface area contributed by atoms with Crippen LogP contribution in [0.5, 0.6) is 0 Å². The Kier molecular flexibility index (Phi) is 5.17. The molecular formula is C14H21ClN2O. The van der Waals surface area contributed by atoms with Gasteiger partial charge in [0.15, 0.2) is 0 Å². The first-order chi connectivity index (χ1) is 8.14. The van der Waals surface area contributed by atoms with Crippen LogP contribution in [-0.4, -0.2) is 19.0 Å². The lowest BCUT2D eigenvalue weighted by molar-refractivity contribution is -0.123. The molecule has 1 amide bonds. The van der Waals surface area contributed by atoms with Gasteiger partial charge in [-0.3, -0.25) is 4.79 Å². The Morgan fingerprint density at radius 1 is 1.50 bits per heavy atom. The molecule has 1 fully saturated rings. The normalized spacial score (nSPS) is 22.3. The predicted molar refractivity (Wildman–Crippen MR) is 77.3 cm³/mol. The molecule has 0 bridgehead atoms. The molecule has 1 saturated heterocycles. The molecule has 1 unspecified atom stereocenters. The van der Waals surface area contributed by atoms with Crippen molar-refractivity contribution >= 4 is 24.0 Å². The molecule has 1 aromatic rings. The van der Waals surface area contributed by atoms with E-state index in [0.29, 0.717) is 0 Å². The van der Waals surface area contributed by atoms with Crippen molar-refractivity contribution in [2.75, 3.05) is 18.4 Å². The van der Waals surface area contributed by atoms with E-state index >= 15 is 0 Å². The average Bonchev–Trinajstić information content (AvgIpc) is 2.78. The average molecular weight is 269 g/mol. The van der Waals surface area contributed by atoms with Crippen LogP contribution in [-0.2, 0) is 11.2 Å². The number of benzene rings is 1. The van der Waals surface area contributed by atoms with E-state index in [0.717, 1.165) is 31.6 Å². The first kappa shape index (κ1) is 15.0. The lowest BCUT2D eigenvalue weighted by Crippen LogP contribution is -2.35. The highest BCUT2D eigenvalue weighted by atomic mass is 35.5. The zero-order valence-corrected chi connectivity index (χ0v) is 11.8. The number of aryl methyl sites for hydroxylation is 1. The van der Waals surface area contributed by atoms with Gasteiger partial charge < -0.3 is 10.6 Å². The van der Waals surface area contributed by atoms with Crippen molar-refractivity contribution in [2.24, 2.45) is 5.41 Å². The van der Waals surface area contributed by atoms with E-state index in [1.54, 1.807) is 0 Å². The second kappa shape index (κ2) is 6.21. The van der Waals surface area contributed by atoms with Crippen LogP contribution in [0.4, 0.5) is 5.69 Å². The van der Waals surface area contributed by atoms with E-state index in [4.69, 9.17) is 0 Å². The molecule has 4 heteroatoms. The summed E-state index contributed by atoms with van der Waals surface area (Å²) in [5.41, 5.74) is 1.89. The van der Waals surface area contributed by atoms with Crippen LogP contribution < -0.4 is 10.6 Å². The maximum Gasteiger partial charge on any atom is 0.231 e. The van der Waals surface area contributed by atoms with E-state index in [2.05, 4.69) is 23.6 Å². The number of carbonyl (C=O) groups is 1. The molecule has 2 rings (SSSR count). The Balaban J connectivity index is 0.00000162. The van der Waals surface area contributed by atoms with Gasteiger partial charge in [-0.2, -0.15) is 0 Å². The van der Waals surface area contributed by atoms with Crippen LogP contribution in [0.1, 0.15) is 25.8 Å². The maximum absolute atomic E-state index is 12.2. The zero-order chi connectivity index (χ0) is 12.3. The van der Waals surface area contributed by atoms with Crippen LogP contribution in [0.2, 0.25) is 0 Å². The minimum absolute atomic E-state index is 0. The maximum atomic E-state index is 12.2. The number of halogens is 1. The Hall–Kier alpha value is -1.06. The van der Waals surface area contributed by atoms with Crippen molar-refractivity contribution in [2.45, 2.75) is 26.7 Å². The minimum Gasteiger partial charge on any atom is -0.326 e. The fourth-order valence-corrected chi connectivity index (χ4v) is 2.16. The second-order valence-corrected chi connectivity index (χ2v) is 5.00. The fourth-order valence-electron chi connectivity index (χ4n) is 2.16. The standard InChI is InChI=1S/C14H20N2O.ClH/c1-3-11-5-4-6-12(9-11)16-13(17)14(2)7-8-15-10-14;/h4-6,9,15H,3,7-8,10H2,1-2H3,(H,16,17);1H. The van der Waals surface area contributed by atoms with Crippen molar-refractivity contribution in [3.63, 3.8) is 0 Å².